The number of hydrogen-bond acceptors (Lipinski definition) is 6. The highest BCUT2D eigenvalue weighted by Crippen LogP contribution is 2.26. The fraction of sp³-hybridized carbons (Fsp3) is 0.257. The van der Waals surface area contributed by atoms with Crippen molar-refractivity contribution in [1.82, 2.24) is 20.6 Å². The van der Waals surface area contributed by atoms with E-state index in [0.717, 1.165) is 16.7 Å². The average Bonchev–Trinajstić information content (AvgIpc) is 3.03. The molecule has 0 aliphatic rings. The third kappa shape index (κ3) is 9.73. The molecule has 4 rings (SSSR count). The van der Waals surface area contributed by atoms with Crippen LogP contribution in [0.25, 0.3) is 22.5 Å². The minimum absolute atomic E-state index is 0.0304. The lowest BCUT2D eigenvalue weighted by molar-refractivity contribution is -0.137. The molecule has 3 aromatic carbocycles. The first kappa shape index (κ1) is 33.9. The zero-order valence-electron chi connectivity index (χ0n) is 25.7. The Morgan fingerprint density at radius 1 is 0.826 bits per heavy atom. The van der Waals surface area contributed by atoms with Gasteiger partial charge in [-0.05, 0) is 46.2 Å². The summed E-state index contributed by atoms with van der Waals surface area (Å²) in [6.45, 7) is 6.93. The van der Waals surface area contributed by atoms with Crippen molar-refractivity contribution in [3.05, 3.63) is 114 Å². The fourth-order valence-electron chi connectivity index (χ4n) is 4.55. The summed E-state index contributed by atoms with van der Waals surface area (Å²) in [5.41, 5.74) is 5.25. The molecule has 3 N–H and O–H groups in total. The van der Waals surface area contributed by atoms with Gasteiger partial charge in [-0.15, -0.1) is 0 Å². The number of amides is 1. The summed E-state index contributed by atoms with van der Waals surface area (Å²) in [7, 11) is 0. The summed E-state index contributed by atoms with van der Waals surface area (Å²) in [5, 5.41) is 15.0. The Kier molecular flexibility index (Phi) is 11.3. The second kappa shape index (κ2) is 15.3. The van der Waals surface area contributed by atoms with Crippen LogP contribution in [0.2, 0.25) is 0 Å². The van der Waals surface area contributed by atoms with Crippen LogP contribution in [-0.4, -0.2) is 39.5 Å². The summed E-state index contributed by atoms with van der Waals surface area (Å²) >= 11 is 0. The Morgan fingerprint density at radius 3 is 1.98 bits per heavy atom. The van der Waals surface area contributed by atoms with Crippen LogP contribution in [0.1, 0.15) is 43.9 Å². The minimum atomic E-state index is -2.53. The van der Waals surface area contributed by atoms with Crippen molar-refractivity contribution >= 4 is 11.9 Å². The molecule has 0 aliphatic carbocycles. The monoisotopic (exact) mass is 632 g/mol. The lowest BCUT2D eigenvalue weighted by Crippen LogP contribution is -2.45. The molecule has 0 fully saturated rings. The van der Waals surface area contributed by atoms with Crippen LogP contribution >= 0.6 is 0 Å². The highest BCUT2D eigenvalue weighted by atomic mass is 19.3. The van der Waals surface area contributed by atoms with Crippen LogP contribution < -0.4 is 15.4 Å². The van der Waals surface area contributed by atoms with Gasteiger partial charge in [-0.25, -0.2) is 9.97 Å². The van der Waals surface area contributed by atoms with E-state index in [4.69, 9.17) is 5.11 Å². The second-order valence-corrected chi connectivity index (χ2v) is 11.7. The maximum absolute atomic E-state index is 13.0. The topological polar surface area (TPSA) is 113 Å². The Labute approximate surface area is 265 Å². The zero-order chi connectivity index (χ0) is 33.3. The molecule has 1 atom stereocenters. The van der Waals surface area contributed by atoms with Gasteiger partial charge in [-0.1, -0.05) is 81.4 Å². The SMILES string of the molecule is CC(C)(C)c1ccc(CNC(Cc2ccc(-c3ncc(-c4ccc(OC(F)=C(F)F)cc4)cn3)cc2)C(=O)NCCC(=O)O)cc1. The van der Waals surface area contributed by atoms with Gasteiger partial charge in [0.1, 0.15) is 5.75 Å². The van der Waals surface area contributed by atoms with Gasteiger partial charge < -0.3 is 20.5 Å². The number of hydrogen-bond donors (Lipinski definition) is 3. The molecular formula is C35H35F3N4O4. The molecule has 11 heteroatoms. The number of nitrogens with zero attached hydrogens (tertiary/aromatic N) is 2. The third-order valence-electron chi connectivity index (χ3n) is 7.17. The first-order valence-electron chi connectivity index (χ1n) is 14.6. The highest BCUT2D eigenvalue weighted by Gasteiger charge is 2.20. The number of rotatable bonds is 13. The number of carboxylic acid groups (broad SMARTS) is 1. The number of aromatic nitrogens is 2. The molecule has 4 aromatic rings. The van der Waals surface area contributed by atoms with E-state index in [1.54, 1.807) is 24.5 Å². The molecule has 1 amide bonds. The summed E-state index contributed by atoms with van der Waals surface area (Å²) in [4.78, 5) is 32.8. The largest absolute Gasteiger partial charge is 0.481 e. The summed E-state index contributed by atoms with van der Waals surface area (Å²) < 4.78 is 42.0. The van der Waals surface area contributed by atoms with Crippen molar-refractivity contribution in [3.63, 3.8) is 0 Å². The first-order valence-corrected chi connectivity index (χ1v) is 14.6. The molecule has 0 saturated carbocycles. The Bertz CT molecular complexity index is 1650. The smallest absolute Gasteiger partial charge is 0.344 e. The van der Waals surface area contributed by atoms with Gasteiger partial charge in [0.2, 0.25) is 5.91 Å². The molecule has 0 saturated heterocycles. The van der Waals surface area contributed by atoms with E-state index in [1.165, 1.54) is 17.7 Å². The van der Waals surface area contributed by atoms with Gasteiger partial charge in [0.15, 0.2) is 5.82 Å². The van der Waals surface area contributed by atoms with E-state index in [9.17, 15) is 22.8 Å². The van der Waals surface area contributed by atoms with Crippen molar-refractivity contribution < 1.29 is 32.6 Å². The van der Waals surface area contributed by atoms with Crippen LogP contribution in [0.5, 0.6) is 5.75 Å². The molecule has 1 unspecified atom stereocenters. The van der Waals surface area contributed by atoms with Gasteiger partial charge in [0.05, 0.1) is 12.5 Å². The van der Waals surface area contributed by atoms with Crippen LogP contribution in [0.15, 0.2) is 97.3 Å². The molecule has 1 aromatic heterocycles. The summed E-state index contributed by atoms with van der Waals surface area (Å²) in [5.74, 6) is -0.872. The molecular weight excluding hydrogens is 597 g/mol. The van der Waals surface area contributed by atoms with Crippen molar-refractivity contribution in [2.75, 3.05) is 6.54 Å². The van der Waals surface area contributed by atoms with Crippen LogP contribution in [-0.2, 0) is 28.0 Å². The normalized spacial score (nSPS) is 11.9. The van der Waals surface area contributed by atoms with E-state index in [1.807, 2.05) is 36.4 Å². The number of aliphatic carboxylic acids is 1. The molecule has 1 heterocycles. The second-order valence-electron chi connectivity index (χ2n) is 11.7. The minimum Gasteiger partial charge on any atom is -0.481 e. The molecule has 46 heavy (non-hydrogen) atoms. The Morgan fingerprint density at radius 2 is 1.41 bits per heavy atom. The highest BCUT2D eigenvalue weighted by molar-refractivity contribution is 5.82. The van der Waals surface area contributed by atoms with E-state index >= 15 is 0 Å². The summed E-state index contributed by atoms with van der Waals surface area (Å²) in [6, 6.07) is 19.0. The standard InChI is InChI=1S/C35H35F3N4O4/c1-35(2,3)27-12-6-23(7-13-27)19-40-29(34(45)39-17-16-30(43)44)18-22-4-8-25(9-5-22)33-41-20-26(21-42-33)24-10-14-28(15-11-24)46-32(38)31(36)37/h4-15,20-21,29,40H,16-19H2,1-3H3,(H,39,45)(H,43,44). The number of halogens is 3. The lowest BCUT2D eigenvalue weighted by Gasteiger charge is -2.21. The first-order chi connectivity index (χ1) is 21.9. The van der Waals surface area contributed by atoms with E-state index < -0.39 is 24.1 Å². The maximum Gasteiger partial charge on any atom is 0.344 e. The van der Waals surface area contributed by atoms with Crippen molar-refractivity contribution in [2.45, 2.75) is 51.6 Å². The Balaban J connectivity index is 1.41. The molecule has 8 nitrogen and oxygen atoms in total. The van der Waals surface area contributed by atoms with E-state index in [2.05, 4.69) is 58.2 Å². The molecule has 0 radical (unpaired) electrons. The number of carboxylic acids is 1. The average molecular weight is 633 g/mol. The van der Waals surface area contributed by atoms with Crippen molar-refractivity contribution in [1.29, 1.82) is 0 Å². The van der Waals surface area contributed by atoms with Gasteiger partial charge in [0.25, 0.3) is 0 Å². The number of benzene rings is 3. The predicted octanol–water partition coefficient (Wildman–Crippen LogP) is 6.81. The quantitative estimate of drug-likeness (QED) is 0.139. The molecule has 0 spiro atoms. The molecule has 240 valence electrons. The predicted molar refractivity (Wildman–Crippen MR) is 169 cm³/mol. The third-order valence-corrected chi connectivity index (χ3v) is 7.17. The molecule has 0 aliphatic heterocycles. The van der Waals surface area contributed by atoms with Gasteiger partial charge in [-0.3, -0.25) is 9.59 Å². The van der Waals surface area contributed by atoms with Crippen LogP contribution in [0.3, 0.4) is 0 Å². The van der Waals surface area contributed by atoms with E-state index in [-0.39, 0.29) is 30.0 Å². The number of ether oxygens (including phenoxy) is 1. The molecule has 0 bridgehead atoms. The fourth-order valence-corrected chi connectivity index (χ4v) is 4.55. The van der Waals surface area contributed by atoms with Crippen LogP contribution in [0.4, 0.5) is 13.2 Å². The van der Waals surface area contributed by atoms with Gasteiger partial charge in [-0.2, -0.15) is 13.2 Å². The summed E-state index contributed by atoms with van der Waals surface area (Å²) in [6.07, 6.45) is 0.899. The lowest BCUT2D eigenvalue weighted by atomic mass is 9.87. The zero-order valence-corrected chi connectivity index (χ0v) is 25.7. The van der Waals surface area contributed by atoms with Crippen LogP contribution in [0, 0.1) is 0 Å². The maximum atomic E-state index is 13.0. The van der Waals surface area contributed by atoms with Gasteiger partial charge in [0, 0.05) is 36.6 Å². The van der Waals surface area contributed by atoms with Crippen molar-refractivity contribution in [2.24, 2.45) is 0 Å². The van der Waals surface area contributed by atoms with Crippen molar-refractivity contribution in [3.8, 4) is 28.3 Å². The van der Waals surface area contributed by atoms with Gasteiger partial charge >= 0.3 is 18.1 Å². The Hall–Kier alpha value is -5.03. The number of carbonyl (C=O) groups is 2. The number of nitrogens with one attached hydrogen (secondary N) is 2. The van der Waals surface area contributed by atoms with E-state index in [0.29, 0.717) is 29.9 Å². The number of carbonyl (C=O) groups excluding carboxylic acids is 1.